The predicted molar refractivity (Wildman–Crippen MR) is 37.1 cm³/mol. The SMILES string of the molecule is C1CC2CC3(CC3)C2C1. The molecule has 0 amide bonds. The standard InChI is InChI=1S/C9H14/c1-2-7-6-9(4-5-9)8(7)3-1/h7-8H,1-6H2. The van der Waals surface area contributed by atoms with E-state index in [2.05, 4.69) is 0 Å². The zero-order valence-electron chi connectivity index (χ0n) is 5.90. The summed E-state index contributed by atoms with van der Waals surface area (Å²) < 4.78 is 0. The van der Waals surface area contributed by atoms with Crippen molar-refractivity contribution >= 4 is 0 Å². The summed E-state index contributed by atoms with van der Waals surface area (Å²) >= 11 is 0. The van der Waals surface area contributed by atoms with E-state index in [0.717, 1.165) is 5.41 Å². The Morgan fingerprint density at radius 2 is 2.00 bits per heavy atom. The Morgan fingerprint density at radius 1 is 1.11 bits per heavy atom. The number of hydrogen-bond acceptors (Lipinski definition) is 0. The summed E-state index contributed by atoms with van der Waals surface area (Å²) in [6.07, 6.45) is 9.52. The van der Waals surface area contributed by atoms with E-state index >= 15 is 0 Å². The Labute approximate surface area is 56.6 Å². The summed E-state index contributed by atoms with van der Waals surface area (Å²) in [7, 11) is 0. The van der Waals surface area contributed by atoms with Crippen molar-refractivity contribution < 1.29 is 0 Å². The average molecular weight is 122 g/mol. The van der Waals surface area contributed by atoms with Gasteiger partial charge < -0.3 is 0 Å². The zero-order chi connectivity index (χ0) is 5.90. The van der Waals surface area contributed by atoms with Crippen LogP contribution >= 0.6 is 0 Å². The van der Waals surface area contributed by atoms with Crippen molar-refractivity contribution in [3.8, 4) is 0 Å². The predicted octanol–water partition coefficient (Wildman–Crippen LogP) is 2.59. The molecule has 3 aliphatic carbocycles. The summed E-state index contributed by atoms with van der Waals surface area (Å²) in [5.74, 6) is 2.42. The highest BCUT2D eigenvalue weighted by atomic mass is 14.7. The second-order valence-electron chi connectivity index (χ2n) is 4.36. The molecule has 0 aromatic carbocycles. The third kappa shape index (κ3) is 0.426. The fourth-order valence-corrected chi connectivity index (χ4v) is 3.34. The van der Waals surface area contributed by atoms with Crippen molar-refractivity contribution in [2.24, 2.45) is 17.3 Å². The van der Waals surface area contributed by atoms with Crippen molar-refractivity contribution in [1.82, 2.24) is 0 Å². The van der Waals surface area contributed by atoms with Gasteiger partial charge in [-0.2, -0.15) is 0 Å². The van der Waals surface area contributed by atoms with E-state index in [1.807, 2.05) is 0 Å². The van der Waals surface area contributed by atoms with Crippen LogP contribution < -0.4 is 0 Å². The number of fused-ring (bicyclic) bond motifs is 2. The first kappa shape index (κ1) is 4.76. The van der Waals surface area contributed by atoms with E-state index in [1.54, 1.807) is 38.5 Å². The van der Waals surface area contributed by atoms with Crippen molar-refractivity contribution in [1.29, 1.82) is 0 Å². The second kappa shape index (κ2) is 1.21. The minimum Gasteiger partial charge on any atom is -0.0527 e. The van der Waals surface area contributed by atoms with E-state index in [9.17, 15) is 0 Å². The first-order valence-corrected chi connectivity index (χ1v) is 4.41. The number of rotatable bonds is 0. The fraction of sp³-hybridized carbons (Fsp3) is 1.00. The average Bonchev–Trinajstić information content (AvgIpc) is 2.54. The Kier molecular flexibility index (Phi) is 0.640. The van der Waals surface area contributed by atoms with Crippen LogP contribution in [-0.2, 0) is 0 Å². The molecule has 3 fully saturated rings. The summed E-state index contributed by atoms with van der Waals surface area (Å²) in [6, 6.07) is 0. The highest BCUT2D eigenvalue weighted by molar-refractivity contribution is 5.11. The molecule has 3 aliphatic rings. The van der Waals surface area contributed by atoms with Gasteiger partial charge >= 0.3 is 0 Å². The van der Waals surface area contributed by atoms with Gasteiger partial charge in [0.2, 0.25) is 0 Å². The molecule has 0 N–H and O–H groups in total. The molecule has 0 radical (unpaired) electrons. The van der Waals surface area contributed by atoms with E-state index in [-0.39, 0.29) is 0 Å². The molecule has 3 rings (SSSR count). The van der Waals surface area contributed by atoms with Crippen molar-refractivity contribution in [3.63, 3.8) is 0 Å². The van der Waals surface area contributed by atoms with Gasteiger partial charge in [-0.05, 0) is 42.9 Å². The highest BCUT2D eigenvalue weighted by Crippen LogP contribution is 2.71. The third-order valence-electron chi connectivity index (χ3n) is 4.01. The van der Waals surface area contributed by atoms with Crippen LogP contribution in [0.1, 0.15) is 38.5 Å². The van der Waals surface area contributed by atoms with Crippen molar-refractivity contribution in [2.45, 2.75) is 38.5 Å². The smallest absolute Gasteiger partial charge is 0.0263 e. The Bertz CT molecular complexity index is 144. The summed E-state index contributed by atoms with van der Waals surface area (Å²) in [5, 5.41) is 0. The highest BCUT2D eigenvalue weighted by Gasteiger charge is 2.61. The molecule has 0 heteroatoms. The Morgan fingerprint density at radius 3 is 2.67 bits per heavy atom. The van der Waals surface area contributed by atoms with Crippen LogP contribution in [0.3, 0.4) is 0 Å². The maximum absolute atomic E-state index is 1.62. The molecule has 1 spiro atoms. The molecule has 0 heterocycles. The van der Waals surface area contributed by atoms with Crippen LogP contribution in [0, 0.1) is 17.3 Å². The molecule has 0 saturated heterocycles. The molecule has 50 valence electrons. The van der Waals surface area contributed by atoms with E-state index in [0.29, 0.717) is 0 Å². The van der Waals surface area contributed by atoms with Crippen LogP contribution in [0.2, 0.25) is 0 Å². The normalized spacial score (nSPS) is 50.7. The Hall–Kier alpha value is 0. The summed E-state index contributed by atoms with van der Waals surface area (Å²) in [5.41, 5.74) is 0.973. The molecule has 2 unspecified atom stereocenters. The lowest BCUT2D eigenvalue weighted by atomic mass is 9.64. The van der Waals surface area contributed by atoms with Crippen molar-refractivity contribution in [3.05, 3.63) is 0 Å². The molecular formula is C9H14. The van der Waals surface area contributed by atoms with E-state index < -0.39 is 0 Å². The molecule has 0 nitrogen and oxygen atoms in total. The van der Waals surface area contributed by atoms with Crippen LogP contribution in [0.5, 0.6) is 0 Å². The van der Waals surface area contributed by atoms with Gasteiger partial charge in [-0.3, -0.25) is 0 Å². The quantitative estimate of drug-likeness (QED) is 0.463. The van der Waals surface area contributed by atoms with Gasteiger partial charge in [0.15, 0.2) is 0 Å². The summed E-state index contributed by atoms with van der Waals surface area (Å²) in [6.45, 7) is 0. The van der Waals surface area contributed by atoms with Gasteiger partial charge in [0.1, 0.15) is 0 Å². The maximum atomic E-state index is 1.62. The molecule has 3 saturated carbocycles. The lowest BCUT2D eigenvalue weighted by Crippen LogP contribution is -2.33. The van der Waals surface area contributed by atoms with Gasteiger partial charge in [-0.1, -0.05) is 12.8 Å². The molecule has 9 heavy (non-hydrogen) atoms. The van der Waals surface area contributed by atoms with Gasteiger partial charge in [0.05, 0.1) is 0 Å². The van der Waals surface area contributed by atoms with Crippen molar-refractivity contribution in [2.75, 3.05) is 0 Å². The van der Waals surface area contributed by atoms with Gasteiger partial charge in [0.25, 0.3) is 0 Å². The Balaban J connectivity index is 1.87. The van der Waals surface area contributed by atoms with Gasteiger partial charge in [-0.15, -0.1) is 0 Å². The van der Waals surface area contributed by atoms with Crippen LogP contribution in [0.4, 0.5) is 0 Å². The van der Waals surface area contributed by atoms with Crippen LogP contribution in [-0.4, -0.2) is 0 Å². The van der Waals surface area contributed by atoms with E-state index in [4.69, 9.17) is 0 Å². The van der Waals surface area contributed by atoms with Crippen LogP contribution in [0.25, 0.3) is 0 Å². The van der Waals surface area contributed by atoms with E-state index in [1.165, 1.54) is 11.8 Å². The molecule has 0 aliphatic heterocycles. The molecule has 2 atom stereocenters. The monoisotopic (exact) mass is 122 g/mol. The number of hydrogen-bond donors (Lipinski definition) is 0. The lowest BCUT2D eigenvalue weighted by molar-refractivity contribution is 0.0786. The summed E-state index contributed by atoms with van der Waals surface area (Å²) in [4.78, 5) is 0. The third-order valence-corrected chi connectivity index (χ3v) is 4.01. The minimum absolute atomic E-state index is 0.973. The fourth-order valence-electron chi connectivity index (χ4n) is 3.34. The molecular weight excluding hydrogens is 108 g/mol. The maximum Gasteiger partial charge on any atom is -0.0263 e. The van der Waals surface area contributed by atoms with Gasteiger partial charge in [0, 0.05) is 0 Å². The minimum atomic E-state index is 0.973. The largest absolute Gasteiger partial charge is 0.0527 e. The first-order chi connectivity index (χ1) is 4.41. The van der Waals surface area contributed by atoms with Crippen LogP contribution in [0.15, 0.2) is 0 Å². The lowest BCUT2D eigenvalue weighted by Gasteiger charge is -2.41. The topological polar surface area (TPSA) is 0 Å². The zero-order valence-corrected chi connectivity index (χ0v) is 5.90. The van der Waals surface area contributed by atoms with Gasteiger partial charge in [-0.25, -0.2) is 0 Å². The molecule has 0 aromatic rings. The second-order valence-corrected chi connectivity index (χ2v) is 4.36. The first-order valence-electron chi connectivity index (χ1n) is 4.41. The molecule has 0 bridgehead atoms. The molecule has 0 aromatic heterocycles.